The van der Waals surface area contributed by atoms with Crippen LogP contribution in [-0.4, -0.2) is 27.0 Å². The second-order valence-electron chi connectivity index (χ2n) is 4.24. The van der Waals surface area contributed by atoms with Crippen LogP contribution < -0.4 is 16.3 Å². The average Bonchev–Trinajstić information content (AvgIpc) is 2.85. The molecule has 1 aromatic carbocycles. The summed E-state index contributed by atoms with van der Waals surface area (Å²) >= 11 is 5.95. The van der Waals surface area contributed by atoms with E-state index in [0.29, 0.717) is 10.7 Å². The SMILES string of the molecule is Cc1ccc(NC(=O)C(=O)NCc2n[nH]c(=O)[nH]2)c(Cl)c1. The van der Waals surface area contributed by atoms with Gasteiger partial charge in [-0.15, -0.1) is 0 Å². The van der Waals surface area contributed by atoms with E-state index in [-0.39, 0.29) is 12.4 Å². The molecule has 0 aliphatic carbocycles. The van der Waals surface area contributed by atoms with Crippen molar-refractivity contribution in [2.45, 2.75) is 13.5 Å². The van der Waals surface area contributed by atoms with Crippen LogP contribution in [0.2, 0.25) is 5.02 Å². The van der Waals surface area contributed by atoms with E-state index in [1.165, 1.54) is 0 Å². The number of nitrogens with zero attached hydrogens (tertiary/aromatic N) is 1. The van der Waals surface area contributed by atoms with E-state index >= 15 is 0 Å². The fourth-order valence-electron chi connectivity index (χ4n) is 1.53. The number of carbonyl (C=O) groups is 2. The summed E-state index contributed by atoms with van der Waals surface area (Å²) in [6, 6.07) is 5.03. The molecule has 0 fully saturated rings. The molecule has 1 aromatic heterocycles. The van der Waals surface area contributed by atoms with Crippen molar-refractivity contribution in [2.75, 3.05) is 5.32 Å². The minimum atomic E-state index is -0.865. The number of carbonyl (C=O) groups excluding carboxylic acids is 2. The molecule has 0 radical (unpaired) electrons. The van der Waals surface area contributed by atoms with Crippen LogP contribution in [0.25, 0.3) is 0 Å². The summed E-state index contributed by atoms with van der Waals surface area (Å²) in [5.74, 6) is -1.51. The average molecular weight is 310 g/mol. The second-order valence-corrected chi connectivity index (χ2v) is 4.65. The second kappa shape index (κ2) is 6.23. The van der Waals surface area contributed by atoms with Crippen LogP contribution in [0.5, 0.6) is 0 Å². The van der Waals surface area contributed by atoms with Crippen LogP contribution in [0.3, 0.4) is 0 Å². The van der Waals surface area contributed by atoms with Crippen molar-refractivity contribution in [3.63, 3.8) is 0 Å². The van der Waals surface area contributed by atoms with Gasteiger partial charge >= 0.3 is 17.5 Å². The molecule has 2 aromatic rings. The molecule has 8 nitrogen and oxygen atoms in total. The maximum atomic E-state index is 11.7. The van der Waals surface area contributed by atoms with Crippen molar-refractivity contribution in [2.24, 2.45) is 0 Å². The molecule has 0 spiro atoms. The molecule has 4 N–H and O–H groups in total. The zero-order chi connectivity index (χ0) is 15.4. The predicted octanol–water partition coefficient (Wildman–Crippen LogP) is 0.315. The largest absolute Gasteiger partial charge is 0.341 e. The summed E-state index contributed by atoms with van der Waals surface area (Å²) in [6.07, 6.45) is 0. The Morgan fingerprint density at radius 2 is 2.10 bits per heavy atom. The Bertz CT molecular complexity index is 736. The van der Waals surface area contributed by atoms with E-state index in [2.05, 4.69) is 25.8 Å². The van der Waals surface area contributed by atoms with Crippen LogP contribution >= 0.6 is 11.6 Å². The molecular weight excluding hydrogens is 298 g/mol. The smallest absolute Gasteiger partial charge is 0.340 e. The molecule has 0 atom stereocenters. The summed E-state index contributed by atoms with van der Waals surface area (Å²) in [4.78, 5) is 36.4. The summed E-state index contributed by atoms with van der Waals surface area (Å²) in [5.41, 5.74) is 0.788. The minimum absolute atomic E-state index is 0.0768. The molecular formula is C12H12ClN5O3. The Balaban J connectivity index is 1.93. The number of aromatic amines is 2. The number of aryl methyl sites for hydroxylation is 1. The number of rotatable bonds is 3. The standard InChI is InChI=1S/C12H12ClN5O3/c1-6-2-3-8(7(13)4-6)15-11(20)10(19)14-5-9-16-12(21)18-17-9/h2-4H,5H2,1H3,(H,14,19)(H,15,20)(H2,16,17,18,21). The zero-order valence-electron chi connectivity index (χ0n) is 11.0. The number of amides is 2. The van der Waals surface area contributed by atoms with E-state index in [1.807, 2.05) is 6.92 Å². The van der Waals surface area contributed by atoms with Crippen molar-refractivity contribution in [1.29, 1.82) is 0 Å². The Kier molecular flexibility index (Phi) is 4.39. The molecule has 2 amide bonds. The molecule has 0 saturated carbocycles. The van der Waals surface area contributed by atoms with Gasteiger partial charge in [-0.2, -0.15) is 5.10 Å². The Labute approximate surface area is 123 Å². The maximum Gasteiger partial charge on any atom is 0.340 e. The third kappa shape index (κ3) is 3.93. The Morgan fingerprint density at radius 1 is 1.33 bits per heavy atom. The zero-order valence-corrected chi connectivity index (χ0v) is 11.7. The Hall–Kier alpha value is -2.61. The first-order chi connectivity index (χ1) is 9.95. The number of H-pyrrole nitrogens is 2. The molecule has 9 heteroatoms. The molecule has 0 saturated heterocycles. The molecule has 2 rings (SSSR count). The van der Waals surface area contributed by atoms with E-state index in [1.54, 1.807) is 18.2 Å². The summed E-state index contributed by atoms with van der Waals surface area (Å²) in [6.45, 7) is 1.78. The lowest BCUT2D eigenvalue weighted by Crippen LogP contribution is -2.35. The number of aromatic nitrogens is 3. The summed E-state index contributed by atoms with van der Waals surface area (Å²) in [7, 11) is 0. The minimum Gasteiger partial charge on any atom is -0.341 e. The molecule has 110 valence electrons. The van der Waals surface area contributed by atoms with E-state index < -0.39 is 17.5 Å². The fourth-order valence-corrected chi connectivity index (χ4v) is 1.82. The first-order valence-corrected chi connectivity index (χ1v) is 6.32. The third-order valence-electron chi connectivity index (χ3n) is 2.55. The van der Waals surface area contributed by atoms with Crippen molar-refractivity contribution >= 4 is 29.1 Å². The number of halogens is 1. The molecule has 0 aliphatic heterocycles. The highest BCUT2D eigenvalue weighted by Gasteiger charge is 2.15. The highest BCUT2D eigenvalue weighted by molar-refractivity contribution is 6.41. The van der Waals surface area contributed by atoms with Crippen molar-refractivity contribution in [3.05, 3.63) is 45.1 Å². The van der Waals surface area contributed by atoms with Gasteiger partial charge in [0.15, 0.2) is 0 Å². The number of benzene rings is 1. The predicted molar refractivity (Wildman–Crippen MR) is 75.9 cm³/mol. The molecule has 0 bridgehead atoms. The van der Waals surface area contributed by atoms with Gasteiger partial charge in [0.25, 0.3) is 0 Å². The van der Waals surface area contributed by atoms with Crippen molar-refractivity contribution in [1.82, 2.24) is 20.5 Å². The first-order valence-electron chi connectivity index (χ1n) is 5.94. The van der Waals surface area contributed by atoms with E-state index in [0.717, 1.165) is 5.56 Å². The monoisotopic (exact) mass is 309 g/mol. The van der Waals surface area contributed by atoms with Crippen LogP contribution in [-0.2, 0) is 16.1 Å². The maximum absolute atomic E-state index is 11.7. The quantitative estimate of drug-likeness (QED) is 0.610. The van der Waals surface area contributed by atoms with E-state index in [9.17, 15) is 14.4 Å². The molecule has 21 heavy (non-hydrogen) atoms. The number of hydrogen-bond donors (Lipinski definition) is 4. The number of anilines is 1. The van der Waals surface area contributed by atoms with Crippen LogP contribution in [0.1, 0.15) is 11.4 Å². The summed E-state index contributed by atoms with van der Waals surface area (Å²) in [5, 5.41) is 10.8. The van der Waals surface area contributed by atoms with Gasteiger partial charge in [0.2, 0.25) is 0 Å². The lowest BCUT2D eigenvalue weighted by molar-refractivity contribution is -0.136. The lowest BCUT2D eigenvalue weighted by atomic mass is 10.2. The molecule has 0 aliphatic rings. The van der Waals surface area contributed by atoms with Gasteiger partial charge in [0.05, 0.1) is 17.3 Å². The van der Waals surface area contributed by atoms with Crippen LogP contribution in [0, 0.1) is 6.92 Å². The van der Waals surface area contributed by atoms with Gasteiger partial charge in [-0.25, -0.2) is 9.89 Å². The van der Waals surface area contributed by atoms with Gasteiger partial charge in [-0.3, -0.25) is 14.6 Å². The highest BCUT2D eigenvalue weighted by Crippen LogP contribution is 2.22. The highest BCUT2D eigenvalue weighted by atomic mass is 35.5. The lowest BCUT2D eigenvalue weighted by Gasteiger charge is -2.07. The first kappa shape index (κ1) is 14.8. The topological polar surface area (TPSA) is 120 Å². The molecule has 0 unspecified atom stereocenters. The Morgan fingerprint density at radius 3 is 2.71 bits per heavy atom. The van der Waals surface area contributed by atoms with Crippen molar-refractivity contribution in [3.8, 4) is 0 Å². The van der Waals surface area contributed by atoms with Gasteiger partial charge in [-0.1, -0.05) is 17.7 Å². The van der Waals surface area contributed by atoms with Gasteiger partial charge < -0.3 is 10.6 Å². The van der Waals surface area contributed by atoms with Gasteiger partial charge in [-0.05, 0) is 24.6 Å². The van der Waals surface area contributed by atoms with E-state index in [4.69, 9.17) is 11.6 Å². The number of hydrogen-bond acceptors (Lipinski definition) is 4. The number of nitrogens with one attached hydrogen (secondary N) is 4. The third-order valence-corrected chi connectivity index (χ3v) is 2.86. The van der Waals surface area contributed by atoms with Crippen LogP contribution in [0.4, 0.5) is 5.69 Å². The van der Waals surface area contributed by atoms with Crippen LogP contribution in [0.15, 0.2) is 23.0 Å². The van der Waals surface area contributed by atoms with Gasteiger partial charge in [0.1, 0.15) is 5.82 Å². The molecule has 1 heterocycles. The fraction of sp³-hybridized carbons (Fsp3) is 0.167. The summed E-state index contributed by atoms with van der Waals surface area (Å²) < 4.78 is 0. The normalized spacial score (nSPS) is 10.2. The van der Waals surface area contributed by atoms with Gasteiger partial charge in [0, 0.05) is 0 Å². The van der Waals surface area contributed by atoms with Crippen molar-refractivity contribution < 1.29 is 9.59 Å².